The van der Waals surface area contributed by atoms with Crippen molar-refractivity contribution in [2.24, 2.45) is 5.41 Å². The first kappa shape index (κ1) is 33.4. The Morgan fingerprint density at radius 3 is 2.61 bits per heavy atom. The number of alkyl halides is 1. The largest absolute Gasteiger partial charge is 0.493 e. The molecule has 0 unspecified atom stereocenters. The molecule has 4 rings (SSSR count). The van der Waals surface area contributed by atoms with Crippen molar-refractivity contribution in [3.05, 3.63) is 35.0 Å². The number of esters is 1. The number of hydrogen-bond donors (Lipinski definition) is 2. The summed E-state index contributed by atoms with van der Waals surface area (Å²) < 4.78 is 25.5. The van der Waals surface area contributed by atoms with E-state index in [1.165, 1.54) is 16.2 Å². The molecule has 1 aliphatic carbocycles. The van der Waals surface area contributed by atoms with Crippen molar-refractivity contribution in [3.8, 4) is 16.2 Å². The number of carbonyl (C=O) groups excluding carboxylic acids is 4. The molecule has 240 valence electrons. The molecule has 44 heavy (non-hydrogen) atoms. The van der Waals surface area contributed by atoms with Crippen LogP contribution >= 0.6 is 11.3 Å². The van der Waals surface area contributed by atoms with Crippen molar-refractivity contribution in [1.29, 1.82) is 0 Å². The summed E-state index contributed by atoms with van der Waals surface area (Å²) in [5.41, 5.74) is 1.78. The van der Waals surface area contributed by atoms with Crippen LogP contribution < -0.4 is 15.4 Å². The fourth-order valence-corrected chi connectivity index (χ4v) is 6.00. The zero-order valence-corrected chi connectivity index (χ0v) is 27.0. The highest BCUT2D eigenvalue weighted by molar-refractivity contribution is 7.13. The molecule has 0 bridgehead atoms. The van der Waals surface area contributed by atoms with Crippen LogP contribution in [0.2, 0.25) is 0 Å². The number of halogens is 1. The number of ether oxygens (including phenoxy) is 2. The molecule has 1 aliphatic heterocycles. The number of rotatable bonds is 13. The maximum Gasteiger partial charge on any atom is 0.305 e. The molecule has 0 spiro atoms. The molecule has 2 aliphatic rings. The first-order valence-corrected chi connectivity index (χ1v) is 16.1. The van der Waals surface area contributed by atoms with Gasteiger partial charge in [-0.2, -0.15) is 0 Å². The molecule has 10 nitrogen and oxygen atoms in total. The predicted molar refractivity (Wildman–Crippen MR) is 165 cm³/mol. The van der Waals surface area contributed by atoms with E-state index in [0.717, 1.165) is 21.7 Å². The zero-order valence-electron chi connectivity index (χ0n) is 26.2. The van der Waals surface area contributed by atoms with Gasteiger partial charge in [0, 0.05) is 25.1 Å². The molecular weight excluding hydrogens is 587 g/mol. The van der Waals surface area contributed by atoms with Gasteiger partial charge in [-0.15, -0.1) is 11.3 Å². The Balaban J connectivity index is 1.44. The Morgan fingerprint density at radius 1 is 1.23 bits per heavy atom. The summed E-state index contributed by atoms with van der Waals surface area (Å²) in [6.45, 7) is 10.3. The van der Waals surface area contributed by atoms with Crippen molar-refractivity contribution in [2.45, 2.75) is 97.4 Å². The maximum absolute atomic E-state index is 14.4. The lowest BCUT2D eigenvalue weighted by Crippen LogP contribution is -2.58. The quantitative estimate of drug-likeness (QED) is 0.247. The third-order valence-electron chi connectivity index (χ3n) is 7.94. The average Bonchev–Trinajstić information content (AvgIpc) is 3.33. The molecule has 12 heteroatoms. The fourth-order valence-electron chi connectivity index (χ4n) is 5.20. The van der Waals surface area contributed by atoms with Gasteiger partial charge in [0.15, 0.2) is 5.67 Å². The van der Waals surface area contributed by atoms with Gasteiger partial charge in [0.05, 0.1) is 29.3 Å². The van der Waals surface area contributed by atoms with E-state index < -0.39 is 29.1 Å². The van der Waals surface area contributed by atoms with Crippen molar-refractivity contribution in [1.82, 2.24) is 20.5 Å². The van der Waals surface area contributed by atoms with Gasteiger partial charge in [0.25, 0.3) is 5.91 Å². The van der Waals surface area contributed by atoms with Crippen LogP contribution in [0.5, 0.6) is 5.75 Å². The number of aromatic nitrogens is 1. The molecule has 2 atom stereocenters. The van der Waals surface area contributed by atoms with Gasteiger partial charge in [-0.3, -0.25) is 19.2 Å². The molecule has 1 saturated heterocycles. The Kier molecular flexibility index (Phi) is 10.6. The number of benzene rings is 1. The zero-order chi connectivity index (χ0) is 32.1. The number of carbonyl (C=O) groups is 4. The number of hydrogen-bond acceptors (Lipinski definition) is 8. The Bertz CT molecular complexity index is 1370. The lowest BCUT2D eigenvalue weighted by Gasteiger charge is -2.35. The Hall–Kier alpha value is -3.54. The topological polar surface area (TPSA) is 127 Å². The molecular formula is C32H43FN4O6S. The normalized spacial score (nSPS) is 18.0. The number of amides is 3. The van der Waals surface area contributed by atoms with Gasteiger partial charge in [0.2, 0.25) is 11.8 Å². The van der Waals surface area contributed by atoms with E-state index in [-0.39, 0.29) is 50.2 Å². The minimum absolute atomic E-state index is 0.153. The van der Waals surface area contributed by atoms with Crippen LogP contribution in [-0.2, 0) is 30.5 Å². The molecule has 2 aromatic rings. The summed E-state index contributed by atoms with van der Waals surface area (Å²) in [5.74, 6) is -1.16. The number of nitrogens with one attached hydrogen (secondary N) is 2. The highest BCUT2D eigenvalue weighted by Crippen LogP contribution is 2.40. The van der Waals surface area contributed by atoms with Gasteiger partial charge < -0.3 is 25.0 Å². The second-order valence-electron chi connectivity index (χ2n) is 12.5. The lowest BCUT2D eigenvalue weighted by atomic mass is 9.85. The van der Waals surface area contributed by atoms with Crippen molar-refractivity contribution >= 4 is 35.0 Å². The summed E-state index contributed by atoms with van der Waals surface area (Å²) in [5, 5.41) is 5.60. The third kappa shape index (κ3) is 8.13. The second kappa shape index (κ2) is 14.0. The molecule has 3 amide bonds. The maximum atomic E-state index is 14.4. The van der Waals surface area contributed by atoms with Crippen LogP contribution in [0.4, 0.5) is 4.39 Å². The number of aryl methyl sites for hydroxylation is 1. The third-order valence-corrected chi connectivity index (χ3v) is 8.92. The van der Waals surface area contributed by atoms with Crippen molar-refractivity contribution in [2.75, 3.05) is 19.8 Å². The monoisotopic (exact) mass is 630 g/mol. The van der Waals surface area contributed by atoms with Crippen LogP contribution in [0.1, 0.15) is 77.5 Å². The molecule has 1 aromatic carbocycles. The van der Waals surface area contributed by atoms with Crippen molar-refractivity contribution < 1.29 is 33.0 Å². The van der Waals surface area contributed by atoms with Gasteiger partial charge >= 0.3 is 5.97 Å². The molecule has 0 radical (unpaired) electrons. The summed E-state index contributed by atoms with van der Waals surface area (Å²) in [6, 6.07) is 4.08. The number of thiazole rings is 1. The van der Waals surface area contributed by atoms with Crippen LogP contribution in [0.15, 0.2) is 23.7 Å². The van der Waals surface area contributed by atoms with E-state index in [9.17, 15) is 23.6 Å². The summed E-state index contributed by atoms with van der Waals surface area (Å²) in [4.78, 5) is 58.2. The first-order valence-electron chi connectivity index (χ1n) is 15.2. The fraction of sp³-hybridized carbons (Fsp3) is 0.594. The van der Waals surface area contributed by atoms with Crippen LogP contribution in [-0.4, -0.2) is 71.1 Å². The molecule has 1 saturated carbocycles. The van der Waals surface area contributed by atoms with Crippen LogP contribution in [0, 0.1) is 12.3 Å². The van der Waals surface area contributed by atoms with E-state index in [0.29, 0.717) is 38.2 Å². The van der Waals surface area contributed by atoms with Gasteiger partial charge in [0.1, 0.15) is 17.8 Å². The minimum Gasteiger partial charge on any atom is -0.493 e. The predicted octanol–water partition coefficient (Wildman–Crippen LogP) is 4.48. The van der Waals surface area contributed by atoms with Gasteiger partial charge in [-0.1, -0.05) is 32.9 Å². The number of likely N-dealkylation sites (tertiary alicyclic amines) is 1. The molecule has 2 fully saturated rings. The van der Waals surface area contributed by atoms with E-state index >= 15 is 0 Å². The molecule has 2 heterocycles. The molecule has 2 N–H and O–H groups in total. The lowest BCUT2D eigenvalue weighted by molar-refractivity contribution is -0.144. The average molecular weight is 631 g/mol. The van der Waals surface area contributed by atoms with Crippen LogP contribution in [0.25, 0.3) is 10.4 Å². The Labute approximate surface area is 262 Å². The minimum atomic E-state index is -1.90. The highest BCUT2D eigenvalue weighted by atomic mass is 32.1. The summed E-state index contributed by atoms with van der Waals surface area (Å²) >= 11 is 1.52. The highest BCUT2D eigenvalue weighted by Gasteiger charge is 2.53. The summed E-state index contributed by atoms with van der Waals surface area (Å²) in [7, 11) is 0. The van der Waals surface area contributed by atoms with E-state index in [4.69, 9.17) is 9.47 Å². The SMILES string of the molecule is CCOC(=O)CCCOc1cc(-c2scnc2C)ccc1CNC(=O)[C@@H]1CCCN1C(=O)[C@@H](NC(=O)C1(F)CC1)C(C)(C)C. The summed E-state index contributed by atoms with van der Waals surface area (Å²) in [6.07, 6.45) is 2.14. The van der Waals surface area contributed by atoms with Crippen LogP contribution in [0.3, 0.4) is 0 Å². The standard InChI is InChI=1S/C32H43FN4O6S/c1-6-42-25(38)10-8-16-43-24-17-21(26-20(2)35-19-44-26)11-12-22(24)18-34-28(39)23-9-7-15-37(23)29(40)27(31(3,4)5)36-30(41)32(33)13-14-32/h11-12,17,19,23,27H,6-10,13-16,18H2,1-5H3,(H,34,39)(H,36,41)/t23-,27+/m0/s1. The first-order chi connectivity index (χ1) is 20.8. The van der Waals surface area contributed by atoms with E-state index in [1.807, 2.05) is 45.9 Å². The smallest absolute Gasteiger partial charge is 0.305 e. The number of nitrogens with zero attached hydrogens (tertiary/aromatic N) is 2. The van der Waals surface area contributed by atoms with E-state index in [1.54, 1.807) is 12.4 Å². The van der Waals surface area contributed by atoms with Gasteiger partial charge in [-0.05, 0) is 63.0 Å². The van der Waals surface area contributed by atoms with Crippen molar-refractivity contribution in [3.63, 3.8) is 0 Å². The second-order valence-corrected chi connectivity index (χ2v) is 13.3. The van der Waals surface area contributed by atoms with E-state index in [2.05, 4.69) is 15.6 Å². The van der Waals surface area contributed by atoms with Gasteiger partial charge in [-0.25, -0.2) is 9.37 Å². The Morgan fingerprint density at radius 2 is 1.98 bits per heavy atom. The molecule has 1 aromatic heterocycles.